The van der Waals surface area contributed by atoms with Crippen molar-refractivity contribution in [2.75, 3.05) is 0 Å². The molecule has 0 saturated carbocycles. The van der Waals surface area contributed by atoms with Crippen LogP contribution in [0.25, 0.3) is 5.53 Å². The minimum atomic E-state index is -0.163. The van der Waals surface area contributed by atoms with Gasteiger partial charge in [0.05, 0.1) is 5.56 Å². The summed E-state index contributed by atoms with van der Waals surface area (Å²) in [6.45, 7) is 12.3. The number of benzene rings is 1. The van der Waals surface area contributed by atoms with Gasteiger partial charge in [0, 0.05) is 11.1 Å². The SMILES string of the molecule is CC(C)(C)c1cc(C=[N+]=[N-])cc(C(C)(C)C)c1O. The quantitative estimate of drug-likeness (QED) is 0.459. The highest BCUT2D eigenvalue weighted by Crippen LogP contribution is 2.39. The molecular formula is C15H22N2O. The highest BCUT2D eigenvalue weighted by molar-refractivity contribution is 5.77. The van der Waals surface area contributed by atoms with Crippen LogP contribution in [0.3, 0.4) is 0 Å². The number of hydrogen-bond acceptors (Lipinski definition) is 1. The average Bonchev–Trinajstić information content (AvgIpc) is 2.17. The van der Waals surface area contributed by atoms with E-state index in [1.807, 2.05) is 53.7 Å². The number of phenolic OH excluding ortho intramolecular Hbond substituents is 1. The van der Waals surface area contributed by atoms with Crippen LogP contribution in [0.4, 0.5) is 0 Å². The van der Waals surface area contributed by atoms with Crippen LogP contribution in [0.1, 0.15) is 58.2 Å². The van der Waals surface area contributed by atoms with Gasteiger partial charge < -0.3 is 10.6 Å². The predicted octanol–water partition coefficient (Wildman–Crippen LogP) is 3.64. The third kappa shape index (κ3) is 2.99. The average molecular weight is 246 g/mol. The van der Waals surface area contributed by atoms with Crippen molar-refractivity contribution in [2.45, 2.75) is 52.4 Å². The molecule has 3 nitrogen and oxygen atoms in total. The molecule has 3 heteroatoms. The lowest BCUT2D eigenvalue weighted by atomic mass is 9.78. The van der Waals surface area contributed by atoms with Gasteiger partial charge in [-0.2, -0.15) is 4.79 Å². The van der Waals surface area contributed by atoms with Crippen molar-refractivity contribution >= 4 is 6.21 Å². The van der Waals surface area contributed by atoms with Crippen LogP contribution in [-0.4, -0.2) is 16.1 Å². The molecule has 0 aliphatic rings. The van der Waals surface area contributed by atoms with E-state index in [0.717, 1.165) is 16.7 Å². The Hall–Kier alpha value is -1.60. The maximum atomic E-state index is 10.4. The lowest BCUT2D eigenvalue weighted by Gasteiger charge is -2.27. The first kappa shape index (κ1) is 14.5. The molecule has 0 saturated heterocycles. The highest BCUT2D eigenvalue weighted by Gasteiger charge is 2.26. The fourth-order valence-corrected chi connectivity index (χ4v) is 1.94. The number of hydrogen-bond donors (Lipinski definition) is 1. The van der Waals surface area contributed by atoms with Crippen LogP contribution in [0.2, 0.25) is 0 Å². The summed E-state index contributed by atoms with van der Waals surface area (Å²) in [6, 6.07) is 3.73. The fourth-order valence-electron chi connectivity index (χ4n) is 1.94. The second-order valence-corrected chi connectivity index (χ2v) is 6.71. The number of phenols is 1. The van der Waals surface area contributed by atoms with E-state index < -0.39 is 0 Å². The molecule has 0 fully saturated rings. The van der Waals surface area contributed by atoms with Gasteiger partial charge in [0.15, 0.2) is 0 Å². The van der Waals surface area contributed by atoms with Crippen LogP contribution in [0.15, 0.2) is 12.1 Å². The Labute approximate surface area is 109 Å². The van der Waals surface area contributed by atoms with Gasteiger partial charge in [-0.1, -0.05) is 41.5 Å². The zero-order chi connectivity index (χ0) is 14.1. The van der Waals surface area contributed by atoms with Gasteiger partial charge in [0.2, 0.25) is 0 Å². The summed E-state index contributed by atoms with van der Waals surface area (Å²) in [5.74, 6) is 0.338. The van der Waals surface area contributed by atoms with E-state index in [1.165, 1.54) is 6.21 Å². The van der Waals surface area contributed by atoms with Gasteiger partial charge in [-0.25, -0.2) is 0 Å². The summed E-state index contributed by atoms with van der Waals surface area (Å²) >= 11 is 0. The molecule has 0 heterocycles. The summed E-state index contributed by atoms with van der Waals surface area (Å²) in [7, 11) is 0. The Morgan fingerprint density at radius 2 is 1.39 bits per heavy atom. The zero-order valence-electron chi connectivity index (χ0n) is 12.1. The number of aromatic hydroxyl groups is 1. The van der Waals surface area contributed by atoms with Gasteiger partial charge >= 0.3 is 0 Å². The predicted molar refractivity (Wildman–Crippen MR) is 74.3 cm³/mol. The van der Waals surface area contributed by atoms with Crippen molar-refractivity contribution < 1.29 is 9.90 Å². The van der Waals surface area contributed by atoms with Crippen LogP contribution in [-0.2, 0) is 10.8 Å². The minimum Gasteiger partial charge on any atom is -0.507 e. The van der Waals surface area contributed by atoms with Crippen molar-refractivity contribution in [1.82, 2.24) is 0 Å². The van der Waals surface area contributed by atoms with Crippen molar-refractivity contribution in [1.29, 1.82) is 0 Å². The number of rotatable bonds is 1. The van der Waals surface area contributed by atoms with Gasteiger partial charge in [-0.15, -0.1) is 0 Å². The molecule has 0 aliphatic heterocycles. The second-order valence-electron chi connectivity index (χ2n) is 6.71. The molecule has 98 valence electrons. The summed E-state index contributed by atoms with van der Waals surface area (Å²) in [4.78, 5) is 3.08. The molecule has 0 aliphatic carbocycles. The maximum absolute atomic E-state index is 10.4. The monoisotopic (exact) mass is 246 g/mol. The van der Waals surface area contributed by atoms with Crippen molar-refractivity contribution in [3.63, 3.8) is 0 Å². The third-order valence-electron chi connectivity index (χ3n) is 2.96. The fraction of sp³-hybridized carbons (Fsp3) is 0.533. The summed E-state index contributed by atoms with van der Waals surface area (Å²) in [5.41, 5.74) is 10.9. The van der Waals surface area contributed by atoms with E-state index in [4.69, 9.17) is 5.53 Å². The Morgan fingerprint density at radius 3 is 1.67 bits per heavy atom. The van der Waals surface area contributed by atoms with E-state index in [9.17, 15) is 5.11 Å². The van der Waals surface area contributed by atoms with E-state index in [-0.39, 0.29) is 10.8 Å². The van der Waals surface area contributed by atoms with Gasteiger partial charge in [0.1, 0.15) is 5.75 Å². The summed E-state index contributed by atoms with van der Waals surface area (Å²) in [6.07, 6.45) is 1.39. The van der Waals surface area contributed by atoms with Crippen molar-refractivity contribution in [3.05, 3.63) is 34.4 Å². The van der Waals surface area contributed by atoms with E-state index in [2.05, 4.69) is 4.79 Å². The van der Waals surface area contributed by atoms with Crippen LogP contribution in [0, 0.1) is 0 Å². The summed E-state index contributed by atoms with van der Waals surface area (Å²) in [5, 5.41) is 10.4. The van der Waals surface area contributed by atoms with Gasteiger partial charge in [-0.05, 0) is 23.0 Å². The zero-order valence-corrected chi connectivity index (χ0v) is 12.1. The maximum Gasteiger partial charge on any atom is 0.287 e. The van der Waals surface area contributed by atoms with E-state index in [1.54, 1.807) is 0 Å². The topological polar surface area (TPSA) is 56.6 Å². The molecule has 0 radical (unpaired) electrons. The molecule has 0 atom stereocenters. The molecular weight excluding hydrogens is 224 g/mol. The first-order chi connectivity index (χ1) is 8.07. The molecule has 0 bridgehead atoms. The van der Waals surface area contributed by atoms with E-state index >= 15 is 0 Å². The standard InChI is InChI=1S/C15H22N2O/c1-14(2,3)11-7-10(9-17-16)8-12(13(11)18)15(4,5)6/h7-9,18H,1-6H3. The normalized spacial score (nSPS) is 12.1. The first-order valence-electron chi connectivity index (χ1n) is 6.13. The highest BCUT2D eigenvalue weighted by atomic mass is 16.3. The first-order valence-corrected chi connectivity index (χ1v) is 6.13. The molecule has 0 amide bonds. The Morgan fingerprint density at radius 1 is 1.00 bits per heavy atom. The lowest BCUT2D eigenvalue weighted by molar-refractivity contribution is 0.00455. The molecule has 1 N–H and O–H groups in total. The largest absolute Gasteiger partial charge is 0.507 e. The molecule has 1 aromatic carbocycles. The van der Waals surface area contributed by atoms with Crippen molar-refractivity contribution in [3.8, 4) is 5.75 Å². The van der Waals surface area contributed by atoms with Gasteiger partial charge in [-0.3, -0.25) is 0 Å². The number of nitrogens with zero attached hydrogens (tertiary/aromatic N) is 2. The molecule has 18 heavy (non-hydrogen) atoms. The molecule has 0 aromatic heterocycles. The Balaban J connectivity index is 3.64. The van der Waals surface area contributed by atoms with Crippen LogP contribution < -0.4 is 0 Å². The van der Waals surface area contributed by atoms with Crippen molar-refractivity contribution in [2.24, 2.45) is 0 Å². The summed E-state index contributed by atoms with van der Waals surface area (Å²) < 4.78 is 0. The third-order valence-corrected chi connectivity index (χ3v) is 2.96. The minimum absolute atomic E-state index is 0.163. The smallest absolute Gasteiger partial charge is 0.287 e. The molecule has 1 aromatic rings. The van der Waals surface area contributed by atoms with Crippen LogP contribution in [0.5, 0.6) is 5.75 Å². The van der Waals surface area contributed by atoms with E-state index in [0.29, 0.717) is 5.75 Å². The van der Waals surface area contributed by atoms with Crippen LogP contribution >= 0.6 is 0 Å². The Kier molecular flexibility index (Phi) is 3.68. The lowest BCUT2D eigenvalue weighted by Crippen LogP contribution is -2.17. The molecule has 0 spiro atoms. The van der Waals surface area contributed by atoms with Gasteiger partial charge in [0.25, 0.3) is 6.21 Å². The second kappa shape index (κ2) is 4.58. The molecule has 1 rings (SSSR count). The Bertz CT molecular complexity index is 463. The molecule has 0 unspecified atom stereocenters.